The maximum atomic E-state index is 11.8. The molecule has 0 aromatic heterocycles. The van der Waals surface area contributed by atoms with Crippen molar-refractivity contribution in [1.29, 1.82) is 0 Å². The lowest BCUT2D eigenvalue weighted by atomic mass is 10.2. The van der Waals surface area contributed by atoms with Crippen molar-refractivity contribution in [2.75, 3.05) is 6.26 Å². The van der Waals surface area contributed by atoms with E-state index in [0.717, 1.165) is 4.90 Å². The predicted octanol–water partition coefficient (Wildman–Crippen LogP) is 4.08. The van der Waals surface area contributed by atoms with Gasteiger partial charge in [0.2, 0.25) is 3.79 Å². The zero-order valence-electron chi connectivity index (χ0n) is 10.7. The van der Waals surface area contributed by atoms with Crippen molar-refractivity contribution in [2.45, 2.75) is 28.1 Å². The smallest absolute Gasteiger partial charge is 0.436 e. The van der Waals surface area contributed by atoms with E-state index in [4.69, 9.17) is 39.5 Å². The largest absolute Gasteiger partial charge is 0.449 e. The Labute approximate surface area is 131 Å². The Morgan fingerprint density at radius 2 is 1.74 bits per heavy atom. The number of rotatable bonds is 3. The number of ether oxygens (including phenoxy) is 1. The van der Waals surface area contributed by atoms with Gasteiger partial charge in [0.25, 0.3) is 0 Å². The van der Waals surface area contributed by atoms with Crippen LogP contribution in [0.15, 0.2) is 35.2 Å². The van der Waals surface area contributed by atoms with Gasteiger partial charge in [0.05, 0.1) is 0 Å². The van der Waals surface area contributed by atoms with Crippen LogP contribution in [0.25, 0.3) is 0 Å². The molecule has 0 radical (unpaired) electrons. The molecule has 1 atom stereocenters. The summed E-state index contributed by atoms with van der Waals surface area (Å²) in [6.07, 6.45) is 1.25. The topological polar surface area (TPSA) is 38.3 Å². The fourth-order valence-corrected chi connectivity index (χ4v) is 2.21. The summed E-state index contributed by atoms with van der Waals surface area (Å²) in [7, 11) is 0. The second-order valence-electron chi connectivity index (χ2n) is 4.32. The van der Waals surface area contributed by atoms with Gasteiger partial charge in [-0.2, -0.15) is 0 Å². The number of benzene rings is 1. The molecular formula is C12H15Cl3NO2S+. The number of carbonyl (C=O) groups excluding carboxylic acids is 1. The molecule has 19 heavy (non-hydrogen) atoms. The summed E-state index contributed by atoms with van der Waals surface area (Å²) in [5, 5.41) is 0. The first-order valence-electron chi connectivity index (χ1n) is 5.41. The van der Waals surface area contributed by atoms with Crippen LogP contribution in [0.5, 0.6) is 0 Å². The highest BCUT2D eigenvalue weighted by atomic mass is 35.6. The molecule has 1 aromatic carbocycles. The first kappa shape index (κ1) is 16.8. The summed E-state index contributed by atoms with van der Waals surface area (Å²) in [5.41, 5.74) is -1.22. The Hall–Kier alpha value is -0.290. The van der Waals surface area contributed by atoms with Gasteiger partial charge in [-0.25, -0.2) is 4.79 Å². The van der Waals surface area contributed by atoms with Crippen LogP contribution in [-0.4, -0.2) is 21.7 Å². The Bertz CT molecular complexity index is 434. The minimum atomic E-state index is -1.69. The number of carbonyl (C=O) groups is 1. The third kappa shape index (κ3) is 4.95. The zero-order valence-corrected chi connectivity index (χ0v) is 13.8. The Balaban J connectivity index is 2.62. The van der Waals surface area contributed by atoms with Gasteiger partial charge in [0.1, 0.15) is 17.3 Å². The molecule has 1 amide bonds. The molecule has 1 unspecified atom stereocenters. The summed E-state index contributed by atoms with van der Waals surface area (Å²) >= 11 is 16.8. The van der Waals surface area contributed by atoms with E-state index in [0.29, 0.717) is 0 Å². The highest BCUT2D eigenvalue weighted by molar-refractivity contribution is 7.94. The van der Waals surface area contributed by atoms with Crippen molar-refractivity contribution in [3.63, 3.8) is 0 Å². The molecule has 7 heteroatoms. The standard InChI is InChI=1S/C12H14Cl3NO2S/c1-11(2,12(13,14)15)18-10(17)16-19(3)9-7-5-4-6-8-9/h4-8H,1-3H3/p+1. The molecule has 0 aliphatic carbocycles. The molecule has 1 aromatic rings. The normalized spacial score (nSPS) is 13.8. The third-order valence-electron chi connectivity index (χ3n) is 2.36. The Kier molecular flexibility index (Phi) is 5.68. The first-order valence-corrected chi connectivity index (χ1v) is 8.17. The highest BCUT2D eigenvalue weighted by Gasteiger charge is 2.44. The fraction of sp³-hybridized carbons (Fsp3) is 0.417. The first-order chi connectivity index (χ1) is 8.63. The van der Waals surface area contributed by atoms with E-state index >= 15 is 0 Å². The van der Waals surface area contributed by atoms with Gasteiger partial charge in [0.15, 0.2) is 10.5 Å². The van der Waals surface area contributed by atoms with Gasteiger partial charge >= 0.3 is 6.09 Å². The van der Waals surface area contributed by atoms with Crippen molar-refractivity contribution in [3.8, 4) is 0 Å². The van der Waals surface area contributed by atoms with Crippen LogP contribution in [0.2, 0.25) is 0 Å². The van der Waals surface area contributed by atoms with E-state index in [1.165, 1.54) is 13.8 Å². The monoisotopic (exact) mass is 342 g/mol. The summed E-state index contributed by atoms with van der Waals surface area (Å²) in [4.78, 5) is 12.8. The quantitative estimate of drug-likeness (QED) is 0.663. The van der Waals surface area contributed by atoms with Crippen LogP contribution >= 0.6 is 34.8 Å². The number of amides is 1. The average molecular weight is 344 g/mol. The molecule has 0 saturated heterocycles. The molecular weight excluding hydrogens is 329 g/mol. The molecule has 0 aliphatic rings. The lowest BCUT2D eigenvalue weighted by molar-refractivity contribution is 0.0460. The lowest BCUT2D eigenvalue weighted by Gasteiger charge is -2.31. The summed E-state index contributed by atoms with van der Waals surface area (Å²) < 4.78 is 6.18. The SMILES string of the molecule is C[S+](NC(=O)OC(C)(C)C(Cl)(Cl)Cl)c1ccccc1. The number of hydrogen-bond acceptors (Lipinski definition) is 2. The van der Waals surface area contributed by atoms with E-state index in [1.807, 2.05) is 36.6 Å². The van der Waals surface area contributed by atoms with Crippen LogP contribution < -0.4 is 4.72 Å². The van der Waals surface area contributed by atoms with Crippen molar-refractivity contribution in [1.82, 2.24) is 4.72 Å². The molecule has 0 aliphatic heterocycles. The van der Waals surface area contributed by atoms with Crippen molar-refractivity contribution < 1.29 is 9.53 Å². The second-order valence-corrected chi connectivity index (χ2v) is 8.30. The molecule has 0 spiro atoms. The number of halogens is 3. The van der Waals surface area contributed by atoms with Crippen LogP contribution in [-0.2, 0) is 15.8 Å². The molecule has 1 N–H and O–H groups in total. The van der Waals surface area contributed by atoms with Crippen LogP contribution in [0.3, 0.4) is 0 Å². The van der Waals surface area contributed by atoms with Gasteiger partial charge in [-0.1, -0.05) is 53.0 Å². The van der Waals surface area contributed by atoms with Gasteiger partial charge in [-0.3, -0.25) is 0 Å². The molecule has 1 rings (SSSR count). The van der Waals surface area contributed by atoms with E-state index in [9.17, 15) is 4.79 Å². The minimum absolute atomic E-state index is 0.479. The maximum absolute atomic E-state index is 11.8. The molecule has 106 valence electrons. The van der Waals surface area contributed by atoms with Crippen molar-refractivity contribution in [3.05, 3.63) is 30.3 Å². The number of nitrogens with one attached hydrogen (secondary N) is 1. The van der Waals surface area contributed by atoms with E-state index in [-0.39, 0.29) is 0 Å². The lowest BCUT2D eigenvalue weighted by Crippen LogP contribution is -2.45. The third-order valence-corrected chi connectivity index (χ3v) is 5.18. The minimum Gasteiger partial charge on any atom is -0.436 e. The predicted molar refractivity (Wildman–Crippen MR) is 82.0 cm³/mol. The van der Waals surface area contributed by atoms with Crippen LogP contribution in [0, 0.1) is 0 Å². The number of hydrogen-bond donors (Lipinski definition) is 1. The summed E-state index contributed by atoms with van der Waals surface area (Å²) in [6, 6.07) is 9.55. The summed E-state index contributed by atoms with van der Waals surface area (Å²) in [6.45, 7) is 3.08. The molecule has 0 bridgehead atoms. The summed E-state index contributed by atoms with van der Waals surface area (Å²) in [5.74, 6) is 0. The van der Waals surface area contributed by atoms with E-state index in [1.54, 1.807) is 0 Å². The van der Waals surface area contributed by atoms with Crippen molar-refractivity contribution in [2.24, 2.45) is 0 Å². The average Bonchev–Trinajstić information content (AvgIpc) is 2.27. The molecule has 0 saturated carbocycles. The van der Waals surface area contributed by atoms with Crippen LogP contribution in [0.1, 0.15) is 13.8 Å². The Morgan fingerprint density at radius 1 is 1.21 bits per heavy atom. The van der Waals surface area contributed by atoms with E-state index in [2.05, 4.69) is 4.72 Å². The molecule has 0 heterocycles. The second kappa shape index (κ2) is 6.44. The van der Waals surface area contributed by atoms with E-state index < -0.39 is 26.6 Å². The van der Waals surface area contributed by atoms with Gasteiger partial charge in [-0.05, 0) is 26.0 Å². The van der Waals surface area contributed by atoms with Gasteiger partial charge in [-0.15, -0.1) is 4.72 Å². The highest BCUT2D eigenvalue weighted by Crippen LogP contribution is 2.40. The fourth-order valence-electron chi connectivity index (χ4n) is 1.12. The zero-order chi connectivity index (χ0) is 14.7. The maximum Gasteiger partial charge on any atom is 0.449 e. The number of alkyl halides is 3. The molecule has 3 nitrogen and oxygen atoms in total. The van der Waals surface area contributed by atoms with Gasteiger partial charge < -0.3 is 4.74 Å². The van der Waals surface area contributed by atoms with Gasteiger partial charge in [0, 0.05) is 0 Å². The Morgan fingerprint density at radius 3 is 2.21 bits per heavy atom. The van der Waals surface area contributed by atoms with Crippen LogP contribution in [0.4, 0.5) is 4.79 Å². The van der Waals surface area contributed by atoms with Crippen molar-refractivity contribution >= 4 is 52.0 Å². The molecule has 0 fully saturated rings.